The van der Waals surface area contributed by atoms with E-state index in [0.717, 1.165) is 55.9 Å². The van der Waals surface area contributed by atoms with E-state index in [1.807, 2.05) is 24.5 Å². The highest BCUT2D eigenvalue weighted by atomic mass is 28.3. The van der Waals surface area contributed by atoms with Gasteiger partial charge in [-0.05, 0) is 57.1 Å². The molecule has 258 valence electrons. The van der Waals surface area contributed by atoms with Crippen LogP contribution in [0.2, 0.25) is 0 Å². The van der Waals surface area contributed by atoms with E-state index < -0.39 is 8.07 Å². The third kappa shape index (κ3) is 4.82. The molecule has 10 rings (SSSR count). The minimum atomic E-state index is -2.95. The minimum Gasteiger partial charge on any atom is -0.454 e. The second kappa shape index (κ2) is 12.5. The summed E-state index contributed by atoms with van der Waals surface area (Å²) in [5, 5.41) is 7.50. The lowest BCUT2D eigenvalue weighted by atomic mass is 9.75. The lowest BCUT2D eigenvalue weighted by Crippen LogP contribution is -2.74. The Bertz CT molecular complexity index is 2780. The Morgan fingerprint density at radius 1 is 0.519 bits per heavy atom. The van der Waals surface area contributed by atoms with Gasteiger partial charge in [0.05, 0.1) is 16.7 Å². The highest BCUT2D eigenvalue weighted by molar-refractivity contribution is 7.20. The van der Waals surface area contributed by atoms with Gasteiger partial charge >= 0.3 is 0 Å². The van der Waals surface area contributed by atoms with Crippen LogP contribution in [0.4, 0.5) is 0 Å². The number of pyridine rings is 2. The van der Waals surface area contributed by atoms with Crippen molar-refractivity contribution in [3.8, 4) is 28.6 Å². The SMILES string of the molecule is CC1(C)c2ccccc2Oc2c1ccc1c3ccc([Si](c4ccccc4)(c4ccccc4)c4cccc(-c5ccccn5)c4)cc3n(-c3ccccn3)c21. The number of rotatable bonds is 6. The van der Waals surface area contributed by atoms with Crippen molar-refractivity contribution in [1.82, 2.24) is 14.5 Å². The summed E-state index contributed by atoms with van der Waals surface area (Å²) in [5.74, 6) is 2.64. The number of ether oxygens (including phenoxy) is 1. The molecular weight excluding hydrogens is 675 g/mol. The Kier molecular flexibility index (Phi) is 7.46. The lowest BCUT2D eigenvalue weighted by Gasteiger charge is -2.35. The highest BCUT2D eigenvalue weighted by Gasteiger charge is 2.42. The predicted molar refractivity (Wildman–Crippen MR) is 224 cm³/mol. The Balaban J connectivity index is 1.32. The summed E-state index contributed by atoms with van der Waals surface area (Å²) in [6.07, 6.45) is 3.75. The normalized spacial score (nSPS) is 13.3. The third-order valence-corrected chi connectivity index (χ3v) is 16.1. The second-order valence-corrected chi connectivity index (χ2v) is 18.4. The molecule has 0 fully saturated rings. The number of hydrogen-bond acceptors (Lipinski definition) is 3. The first-order valence-electron chi connectivity index (χ1n) is 18.5. The smallest absolute Gasteiger partial charge is 0.179 e. The summed E-state index contributed by atoms with van der Waals surface area (Å²) in [6, 6.07) is 63.6. The van der Waals surface area contributed by atoms with Crippen molar-refractivity contribution < 1.29 is 4.74 Å². The van der Waals surface area contributed by atoms with Crippen molar-refractivity contribution in [1.29, 1.82) is 0 Å². The zero-order valence-electron chi connectivity index (χ0n) is 30.1. The van der Waals surface area contributed by atoms with E-state index in [9.17, 15) is 0 Å². The van der Waals surface area contributed by atoms with E-state index in [0.29, 0.717) is 0 Å². The highest BCUT2D eigenvalue weighted by Crippen LogP contribution is 2.51. The Hall–Kier alpha value is -6.56. The molecule has 4 heterocycles. The molecule has 4 nitrogen and oxygen atoms in total. The summed E-state index contributed by atoms with van der Waals surface area (Å²) in [6.45, 7) is 4.59. The fourth-order valence-electron chi connectivity index (χ4n) is 8.78. The van der Waals surface area contributed by atoms with E-state index in [4.69, 9.17) is 14.7 Å². The van der Waals surface area contributed by atoms with Crippen LogP contribution >= 0.6 is 0 Å². The molecule has 0 amide bonds. The van der Waals surface area contributed by atoms with Crippen LogP contribution in [0.5, 0.6) is 11.5 Å². The van der Waals surface area contributed by atoms with Crippen molar-refractivity contribution in [3.63, 3.8) is 0 Å². The van der Waals surface area contributed by atoms with E-state index in [2.05, 4.69) is 182 Å². The minimum absolute atomic E-state index is 0.254. The average Bonchev–Trinajstić information content (AvgIpc) is 3.57. The molecule has 0 radical (unpaired) electrons. The first kappa shape index (κ1) is 32.1. The summed E-state index contributed by atoms with van der Waals surface area (Å²) in [4.78, 5) is 9.73. The van der Waals surface area contributed by atoms with Gasteiger partial charge in [0.25, 0.3) is 0 Å². The van der Waals surface area contributed by atoms with E-state index >= 15 is 0 Å². The molecule has 0 saturated heterocycles. The fraction of sp³-hybridized carbons (Fsp3) is 0.0612. The molecular formula is C49H37N3OSi. The van der Waals surface area contributed by atoms with Gasteiger partial charge in [-0.3, -0.25) is 9.55 Å². The van der Waals surface area contributed by atoms with Crippen LogP contribution < -0.4 is 25.5 Å². The molecule has 1 aliphatic rings. The molecule has 0 bridgehead atoms. The summed E-state index contributed by atoms with van der Waals surface area (Å²) in [5.41, 5.74) is 6.29. The molecule has 6 aromatic carbocycles. The summed E-state index contributed by atoms with van der Waals surface area (Å²) < 4.78 is 9.26. The van der Waals surface area contributed by atoms with Gasteiger partial charge < -0.3 is 4.74 Å². The maximum absolute atomic E-state index is 6.93. The van der Waals surface area contributed by atoms with Crippen molar-refractivity contribution in [2.75, 3.05) is 0 Å². The van der Waals surface area contributed by atoms with E-state index in [-0.39, 0.29) is 5.41 Å². The number of aromatic nitrogens is 3. The topological polar surface area (TPSA) is 39.9 Å². The Morgan fingerprint density at radius 2 is 1.17 bits per heavy atom. The molecule has 3 aromatic heterocycles. The third-order valence-electron chi connectivity index (χ3n) is 11.3. The van der Waals surface area contributed by atoms with E-state index in [1.54, 1.807) is 0 Å². The van der Waals surface area contributed by atoms with Crippen LogP contribution in [0.1, 0.15) is 25.0 Å². The van der Waals surface area contributed by atoms with Crippen LogP contribution in [0.3, 0.4) is 0 Å². The van der Waals surface area contributed by atoms with Crippen LogP contribution in [-0.2, 0) is 5.41 Å². The van der Waals surface area contributed by atoms with Gasteiger partial charge in [0.2, 0.25) is 0 Å². The van der Waals surface area contributed by atoms with Crippen molar-refractivity contribution in [2.24, 2.45) is 0 Å². The predicted octanol–water partition coefficient (Wildman–Crippen LogP) is 9.05. The molecule has 1 aliphatic heterocycles. The molecule has 0 saturated carbocycles. The van der Waals surface area contributed by atoms with Gasteiger partial charge in [-0.25, -0.2) is 4.98 Å². The Morgan fingerprint density at radius 3 is 1.89 bits per heavy atom. The molecule has 0 unspecified atom stereocenters. The molecule has 0 aliphatic carbocycles. The standard InChI is InChI=1S/C49H37N3OSi/c1-49(2)41-22-9-10-24-45(41)53-48-42(49)29-28-40-39-27-26-38(33-44(39)52(47(40)48)46-25-12-14-31-51-46)54(35-17-5-3-6-18-35,36-19-7-4-8-20-36)37-21-15-16-34(32-37)43-23-11-13-30-50-43/h3-33H,1-2H3. The lowest BCUT2D eigenvalue weighted by molar-refractivity contribution is 0.421. The molecule has 0 N–H and O–H groups in total. The molecule has 5 heteroatoms. The van der Waals surface area contributed by atoms with Crippen molar-refractivity contribution in [3.05, 3.63) is 199 Å². The van der Waals surface area contributed by atoms with E-state index in [1.165, 1.54) is 26.3 Å². The summed E-state index contributed by atoms with van der Waals surface area (Å²) >= 11 is 0. The zero-order chi connectivity index (χ0) is 36.3. The zero-order valence-corrected chi connectivity index (χ0v) is 31.1. The maximum Gasteiger partial charge on any atom is 0.179 e. The number of nitrogens with zero attached hydrogens (tertiary/aromatic N) is 3. The summed E-state index contributed by atoms with van der Waals surface area (Å²) in [7, 11) is -2.95. The largest absolute Gasteiger partial charge is 0.454 e. The molecule has 9 aromatic rings. The first-order valence-corrected chi connectivity index (χ1v) is 20.5. The number of fused-ring (bicyclic) bond motifs is 6. The first-order chi connectivity index (χ1) is 26.5. The molecule has 54 heavy (non-hydrogen) atoms. The Labute approximate surface area is 316 Å². The van der Waals surface area contributed by atoms with Crippen LogP contribution in [0.25, 0.3) is 38.9 Å². The van der Waals surface area contributed by atoms with Gasteiger partial charge in [0, 0.05) is 45.3 Å². The van der Waals surface area contributed by atoms with Crippen LogP contribution in [-0.4, -0.2) is 22.6 Å². The van der Waals surface area contributed by atoms with Gasteiger partial charge in [0.1, 0.15) is 11.6 Å². The second-order valence-electron chi connectivity index (χ2n) is 14.6. The molecule has 0 spiro atoms. The van der Waals surface area contributed by atoms with Crippen molar-refractivity contribution in [2.45, 2.75) is 19.3 Å². The van der Waals surface area contributed by atoms with Crippen LogP contribution in [0.15, 0.2) is 188 Å². The fourth-order valence-corrected chi connectivity index (χ4v) is 13.6. The number of benzene rings is 6. The van der Waals surface area contributed by atoms with Crippen molar-refractivity contribution >= 4 is 50.6 Å². The maximum atomic E-state index is 6.93. The van der Waals surface area contributed by atoms with Crippen LogP contribution in [0, 0.1) is 0 Å². The van der Waals surface area contributed by atoms with Gasteiger partial charge in [-0.1, -0.05) is 153 Å². The average molecular weight is 712 g/mol. The molecule has 0 atom stereocenters. The van der Waals surface area contributed by atoms with Gasteiger partial charge in [-0.15, -0.1) is 0 Å². The number of para-hydroxylation sites is 1. The van der Waals surface area contributed by atoms with Gasteiger partial charge in [-0.2, -0.15) is 0 Å². The quantitative estimate of drug-likeness (QED) is 0.128. The number of hydrogen-bond donors (Lipinski definition) is 0. The monoisotopic (exact) mass is 711 g/mol. The van der Waals surface area contributed by atoms with Gasteiger partial charge in [0.15, 0.2) is 13.8 Å².